The Morgan fingerprint density at radius 2 is 1.78 bits per heavy atom. The summed E-state index contributed by atoms with van der Waals surface area (Å²) in [4.78, 5) is 40.2. The normalized spacial score (nSPS) is 29.4. The van der Waals surface area contributed by atoms with E-state index in [1.54, 1.807) is 0 Å². The summed E-state index contributed by atoms with van der Waals surface area (Å²) in [7, 11) is 0. The number of fused-ring (bicyclic) bond motifs is 5. The van der Waals surface area contributed by atoms with Crippen molar-refractivity contribution in [3.8, 4) is 0 Å². The van der Waals surface area contributed by atoms with Crippen LogP contribution in [0.15, 0.2) is 33.2 Å². The van der Waals surface area contributed by atoms with E-state index in [4.69, 9.17) is 0 Å². The van der Waals surface area contributed by atoms with E-state index in [9.17, 15) is 14.4 Å². The van der Waals surface area contributed by atoms with Gasteiger partial charge in [0.25, 0.3) is 0 Å². The Balaban J connectivity index is 1.59. The summed E-state index contributed by atoms with van der Waals surface area (Å²) in [6, 6.07) is 2.97. The average molecular weight is 496 g/mol. The van der Waals surface area contributed by atoms with E-state index in [0.717, 1.165) is 20.9 Å². The molecule has 5 nitrogen and oxygen atoms in total. The van der Waals surface area contributed by atoms with Crippen molar-refractivity contribution in [1.82, 2.24) is 4.90 Å². The molecule has 0 spiro atoms. The molecule has 142 valence electrons. The Bertz CT molecular complexity index is 829. The second kappa shape index (κ2) is 6.85. The van der Waals surface area contributed by atoms with Crippen LogP contribution < -0.4 is 5.32 Å². The predicted octanol–water partition coefficient (Wildman–Crippen LogP) is 4.04. The second-order valence-electron chi connectivity index (χ2n) is 7.54. The zero-order chi connectivity index (χ0) is 19.5. The number of allylic oxidation sites excluding steroid dienone is 2. The lowest BCUT2D eigenvalue weighted by Gasteiger charge is -2.26. The largest absolute Gasteiger partial charge is 0.323 e. The van der Waals surface area contributed by atoms with Crippen LogP contribution in [0.3, 0.4) is 0 Å². The summed E-state index contributed by atoms with van der Waals surface area (Å²) in [5.74, 6) is -0.975. The number of carbonyl (C=O) groups is 3. The van der Waals surface area contributed by atoms with E-state index < -0.39 is 6.04 Å². The molecule has 0 aromatic heterocycles. The molecule has 1 aromatic carbocycles. The summed E-state index contributed by atoms with van der Waals surface area (Å²) in [5, 5.41) is 2.91. The minimum Gasteiger partial charge on any atom is -0.323 e. The van der Waals surface area contributed by atoms with Gasteiger partial charge in [-0.25, -0.2) is 0 Å². The minimum atomic E-state index is -0.787. The van der Waals surface area contributed by atoms with Crippen molar-refractivity contribution in [2.45, 2.75) is 32.7 Å². The second-order valence-corrected chi connectivity index (χ2v) is 9.31. The minimum absolute atomic E-state index is 0.143. The van der Waals surface area contributed by atoms with E-state index in [0.29, 0.717) is 12.1 Å². The highest BCUT2D eigenvalue weighted by molar-refractivity contribution is 9.11. The Morgan fingerprint density at radius 3 is 2.30 bits per heavy atom. The number of hydrogen-bond donors (Lipinski definition) is 1. The molecule has 7 heteroatoms. The molecule has 1 aliphatic heterocycles. The van der Waals surface area contributed by atoms with Gasteiger partial charge in [-0.15, -0.1) is 0 Å². The van der Waals surface area contributed by atoms with E-state index in [2.05, 4.69) is 49.3 Å². The van der Waals surface area contributed by atoms with Crippen LogP contribution in [-0.4, -0.2) is 28.7 Å². The number of nitrogens with zero attached hydrogens (tertiary/aromatic N) is 1. The van der Waals surface area contributed by atoms with Gasteiger partial charge in [-0.2, -0.15) is 0 Å². The highest BCUT2D eigenvalue weighted by Crippen LogP contribution is 2.53. The van der Waals surface area contributed by atoms with Crippen molar-refractivity contribution in [3.05, 3.63) is 38.8 Å². The summed E-state index contributed by atoms with van der Waals surface area (Å²) >= 11 is 6.89. The van der Waals surface area contributed by atoms with Gasteiger partial charge in [-0.05, 0) is 65.2 Å². The van der Waals surface area contributed by atoms with Gasteiger partial charge in [0.05, 0.1) is 17.5 Å². The number of hydrogen-bond acceptors (Lipinski definition) is 3. The fourth-order valence-electron chi connectivity index (χ4n) is 4.78. The number of halogens is 2. The van der Waals surface area contributed by atoms with E-state index in [1.165, 1.54) is 4.90 Å². The lowest BCUT2D eigenvalue weighted by Crippen LogP contribution is -2.48. The molecule has 1 aromatic rings. The summed E-state index contributed by atoms with van der Waals surface area (Å²) in [6.07, 6.45) is 5.39. The van der Waals surface area contributed by atoms with Crippen molar-refractivity contribution < 1.29 is 14.4 Å². The molecule has 2 bridgehead atoms. The highest BCUT2D eigenvalue weighted by atomic mass is 79.9. The number of amides is 3. The van der Waals surface area contributed by atoms with Crippen LogP contribution >= 0.6 is 31.9 Å². The van der Waals surface area contributed by atoms with Crippen molar-refractivity contribution in [2.75, 3.05) is 5.32 Å². The molecule has 3 amide bonds. The fraction of sp³-hybridized carbons (Fsp3) is 0.450. The predicted molar refractivity (Wildman–Crippen MR) is 109 cm³/mol. The number of aryl methyl sites for hydroxylation is 1. The van der Waals surface area contributed by atoms with Gasteiger partial charge in [-0.1, -0.05) is 35.0 Å². The molecule has 1 heterocycles. The van der Waals surface area contributed by atoms with Gasteiger partial charge in [0, 0.05) is 8.95 Å². The molecular formula is C20H20Br2N2O3. The summed E-state index contributed by atoms with van der Waals surface area (Å²) in [6.45, 7) is 3.72. The maximum atomic E-state index is 13.0. The van der Waals surface area contributed by atoms with E-state index >= 15 is 0 Å². The molecule has 1 saturated carbocycles. The third kappa shape index (κ3) is 2.90. The van der Waals surface area contributed by atoms with Crippen LogP contribution in [0.5, 0.6) is 0 Å². The average Bonchev–Trinajstić information content (AvgIpc) is 3.28. The van der Waals surface area contributed by atoms with Gasteiger partial charge in [0.1, 0.15) is 6.04 Å². The third-order valence-corrected chi connectivity index (χ3v) is 7.09. The van der Waals surface area contributed by atoms with Crippen molar-refractivity contribution in [1.29, 1.82) is 0 Å². The monoisotopic (exact) mass is 494 g/mol. The maximum absolute atomic E-state index is 13.0. The first-order valence-electron chi connectivity index (χ1n) is 9.15. The van der Waals surface area contributed by atoms with Crippen LogP contribution in [0.2, 0.25) is 0 Å². The fourth-order valence-corrected chi connectivity index (χ4v) is 6.32. The number of anilines is 1. The van der Waals surface area contributed by atoms with E-state index in [-0.39, 0.29) is 41.4 Å². The topological polar surface area (TPSA) is 66.5 Å². The molecule has 27 heavy (non-hydrogen) atoms. The quantitative estimate of drug-likeness (QED) is 0.506. The van der Waals surface area contributed by atoms with Crippen molar-refractivity contribution in [3.63, 3.8) is 0 Å². The number of imide groups is 1. The number of carbonyl (C=O) groups excluding carboxylic acids is 3. The highest BCUT2D eigenvalue weighted by Gasteiger charge is 2.60. The van der Waals surface area contributed by atoms with Gasteiger partial charge in [-0.3, -0.25) is 19.3 Å². The molecule has 5 unspecified atom stereocenters. The molecule has 1 saturated heterocycles. The summed E-state index contributed by atoms with van der Waals surface area (Å²) < 4.78 is 1.65. The first-order chi connectivity index (χ1) is 12.8. The lowest BCUT2D eigenvalue weighted by atomic mass is 9.85. The Morgan fingerprint density at radius 1 is 1.19 bits per heavy atom. The van der Waals surface area contributed by atoms with Gasteiger partial charge in [0.2, 0.25) is 17.7 Å². The lowest BCUT2D eigenvalue weighted by molar-refractivity contribution is -0.147. The number of nitrogens with one attached hydrogen (secondary N) is 1. The smallest absolute Gasteiger partial charge is 0.247 e. The number of likely N-dealkylation sites (tertiary alicyclic amines) is 1. The first-order valence-corrected chi connectivity index (χ1v) is 10.7. The van der Waals surface area contributed by atoms with E-state index in [1.807, 2.05) is 26.0 Å². The zero-order valence-electron chi connectivity index (χ0n) is 15.0. The maximum Gasteiger partial charge on any atom is 0.247 e. The van der Waals surface area contributed by atoms with Crippen LogP contribution in [0.25, 0.3) is 0 Å². The van der Waals surface area contributed by atoms with Crippen LogP contribution in [-0.2, 0) is 14.4 Å². The molecule has 0 radical (unpaired) electrons. The Kier molecular flexibility index (Phi) is 4.79. The molecule has 2 fully saturated rings. The molecule has 1 N–H and O–H groups in total. The van der Waals surface area contributed by atoms with Crippen molar-refractivity contribution in [2.24, 2.45) is 23.7 Å². The van der Waals surface area contributed by atoms with Crippen LogP contribution in [0.1, 0.15) is 25.3 Å². The molecule has 4 rings (SSSR count). The van der Waals surface area contributed by atoms with Crippen LogP contribution in [0.4, 0.5) is 5.69 Å². The first kappa shape index (κ1) is 18.9. The molecule has 2 aliphatic carbocycles. The summed E-state index contributed by atoms with van der Waals surface area (Å²) in [5.41, 5.74) is 1.54. The third-order valence-electron chi connectivity index (χ3n) is 6.01. The number of benzene rings is 1. The standard InChI is InChI=1S/C20H20Br2N2O3/c1-3-14(18(25)23-17-9(2)6-12(21)8-13(17)22)24-19(26)15-10-4-5-11(7-10)16(15)20(24)27/h4-6,8,10-11,14-16H,3,7H2,1-2H3,(H,23,25). The molecule has 5 atom stereocenters. The van der Waals surface area contributed by atoms with Gasteiger partial charge in [0.15, 0.2) is 0 Å². The molecule has 3 aliphatic rings. The Hall–Kier alpha value is -1.47. The zero-order valence-corrected chi connectivity index (χ0v) is 18.2. The number of rotatable bonds is 4. The molecular weight excluding hydrogens is 476 g/mol. The van der Waals surface area contributed by atoms with Crippen molar-refractivity contribution >= 4 is 55.3 Å². The SMILES string of the molecule is CCC(C(=O)Nc1c(C)cc(Br)cc1Br)N1C(=O)C2C3C=CC(C3)C2C1=O. The Labute approximate surface area is 174 Å². The van der Waals surface area contributed by atoms with Gasteiger partial charge < -0.3 is 5.32 Å². The van der Waals surface area contributed by atoms with Gasteiger partial charge >= 0.3 is 0 Å². The van der Waals surface area contributed by atoms with Crippen LogP contribution in [0, 0.1) is 30.6 Å².